The van der Waals surface area contributed by atoms with Gasteiger partial charge in [-0.15, -0.1) is 6.58 Å². The second-order valence-electron chi connectivity index (χ2n) is 2.59. The van der Waals surface area contributed by atoms with Gasteiger partial charge in [-0.1, -0.05) is 26.1 Å². The van der Waals surface area contributed by atoms with Crippen LogP contribution in [0.2, 0.25) is 18.6 Å². The summed E-state index contributed by atoms with van der Waals surface area (Å²) in [6.07, 6.45) is 1.93. The third-order valence-electron chi connectivity index (χ3n) is 1.44. The molecule has 0 N–H and O–H groups in total. The Morgan fingerprint density at radius 1 is 1.62 bits per heavy atom. The van der Waals surface area contributed by atoms with Crippen LogP contribution in [0.25, 0.3) is 0 Å². The summed E-state index contributed by atoms with van der Waals surface area (Å²) in [7, 11) is -1.41. The van der Waals surface area contributed by atoms with Gasteiger partial charge in [0.1, 0.15) is 0 Å². The molecule has 0 spiro atoms. The molecule has 0 aromatic heterocycles. The smallest absolute Gasteiger partial charge is 0.156 e. The fourth-order valence-electron chi connectivity index (χ4n) is 0.280. The van der Waals surface area contributed by atoms with E-state index in [4.69, 9.17) is 11.1 Å². The third-order valence-corrected chi connectivity index (χ3v) is 4.87. The second kappa shape index (κ2) is 2.69. The summed E-state index contributed by atoms with van der Waals surface area (Å²) in [6.45, 7) is 10.0. The molecule has 0 saturated heterocycles. The van der Waals surface area contributed by atoms with Crippen LogP contribution in [0.1, 0.15) is 6.92 Å². The summed E-state index contributed by atoms with van der Waals surface area (Å²) in [5.41, 5.74) is 0.518. The zero-order chi connectivity index (χ0) is 6.78. The molecule has 0 heterocycles. The van der Waals surface area contributed by atoms with Crippen molar-refractivity contribution in [2.45, 2.75) is 25.6 Å². The van der Waals surface area contributed by atoms with E-state index in [9.17, 15) is 0 Å². The highest BCUT2D eigenvalue weighted by molar-refractivity contribution is 7.19. The van der Waals surface area contributed by atoms with Crippen molar-refractivity contribution in [3.63, 3.8) is 0 Å². The van der Waals surface area contributed by atoms with Crippen molar-refractivity contribution >= 4 is 18.5 Å². The van der Waals surface area contributed by atoms with Crippen LogP contribution in [0.15, 0.2) is 12.7 Å². The molecule has 0 rings (SSSR count). The Morgan fingerprint density at radius 3 is 2.00 bits per heavy atom. The molecule has 1 unspecified atom stereocenters. The molecular weight excluding hydrogens is 136 g/mol. The first kappa shape index (κ1) is 8.25. The van der Waals surface area contributed by atoms with E-state index in [2.05, 4.69) is 26.6 Å². The number of allylic oxidation sites excluding steroid dienone is 1. The highest BCUT2D eigenvalue weighted by atomic mass is 35.6. The van der Waals surface area contributed by atoms with Gasteiger partial charge in [0.25, 0.3) is 0 Å². The van der Waals surface area contributed by atoms with Crippen LogP contribution < -0.4 is 0 Å². The summed E-state index contributed by atoms with van der Waals surface area (Å²) in [4.78, 5) is 0. The molecule has 0 bridgehead atoms. The van der Waals surface area contributed by atoms with Crippen LogP contribution in [0.5, 0.6) is 0 Å². The topological polar surface area (TPSA) is 0 Å². The highest BCUT2D eigenvalue weighted by Crippen LogP contribution is 2.25. The minimum Gasteiger partial charge on any atom is -0.167 e. The Morgan fingerprint density at radius 2 is 2.00 bits per heavy atom. The van der Waals surface area contributed by atoms with Crippen molar-refractivity contribution in [1.29, 1.82) is 0 Å². The predicted molar refractivity (Wildman–Crippen MR) is 43.0 cm³/mol. The number of rotatable bonds is 2. The first-order valence-electron chi connectivity index (χ1n) is 2.80. The molecular formula is C6H13ClSi. The molecule has 48 valence electrons. The Labute approximate surface area is 57.3 Å². The van der Waals surface area contributed by atoms with Crippen LogP contribution >= 0.6 is 11.1 Å². The summed E-state index contributed by atoms with van der Waals surface area (Å²) >= 11 is 6.05. The van der Waals surface area contributed by atoms with E-state index >= 15 is 0 Å². The van der Waals surface area contributed by atoms with Crippen molar-refractivity contribution in [2.24, 2.45) is 0 Å². The van der Waals surface area contributed by atoms with Crippen molar-refractivity contribution in [1.82, 2.24) is 0 Å². The first-order chi connectivity index (χ1) is 3.48. The largest absolute Gasteiger partial charge is 0.167 e. The standard InChI is InChI=1S/C6H13ClSi/c1-5-6(2)8(3,4)7/h5-6H,1H2,2-4H3. The maximum Gasteiger partial charge on any atom is 0.156 e. The van der Waals surface area contributed by atoms with E-state index in [1.165, 1.54) is 0 Å². The van der Waals surface area contributed by atoms with Gasteiger partial charge in [-0.25, -0.2) is 0 Å². The highest BCUT2D eigenvalue weighted by Gasteiger charge is 2.22. The van der Waals surface area contributed by atoms with E-state index in [-0.39, 0.29) is 0 Å². The first-order valence-corrected chi connectivity index (χ1v) is 6.89. The lowest BCUT2D eigenvalue weighted by molar-refractivity contribution is 1.16. The van der Waals surface area contributed by atoms with Gasteiger partial charge in [0, 0.05) is 0 Å². The van der Waals surface area contributed by atoms with Crippen LogP contribution in [-0.4, -0.2) is 7.38 Å². The molecule has 2 heteroatoms. The lowest BCUT2D eigenvalue weighted by Gasteiger charge is -2.17. The monoisotopic (exact) mass is 148 g/mol. The summed E-state index contributed by atoms with van der Waals surface area (Å²) in [5, 5.41) is 0. The lowest BCUT2D eigenvalue weighted by atomic mass is 10.5. The summed E-state index contributed by atoms with van der Waals surface area (Å²) in [5.74, 6) is 0. The zero-order valence-electron chi connectivity index (χ0n) is 5.74. The van der Waals surface area contributed by atoms with Crippen molar-refractivity contribution in [2.75, 3.05) is 0 Å². The molecule has 0 aromatic rings. The summed E-state index contributed by atoms with van der Waals surface area (Å²) in [6, 6.07) is 0. The van der Waals surface area contributed by atoms with Crippen LogP contribution in [0, 0.1) is 0 Å². The van der Waals surface area contributed by atoms with Gasteiger partial charge in [0.2, 0.25) is 0 Å². The van der Waals surface area contributed by atoms with Gasteiger partial charge >= 0.3 is 0 Å². The molecule has 0 fully saturated rings. The van der Waals surface area contributed by atoms with Gasteiger partial charge < -0.3 is 0 Å². The fraction of sp³-hybridized carbons (Fsp3) is 0.667. The van der Waals surface area contributed by atoms with Crippen LogP contribution in [-0.2, 0) is 0 Å². The second-order valence-corrected chi connectivity index (χ2v) is 9.55. The minimum atomic E-state index is -1.41. The Bertz CT molecular complexity index is 83.0. The maximum atomic E-state index is 6.05. The average molecular weight is 149 g/mol. The molecule has 0 saturated carbocycles. The molecule has 8 heavy (non-hydrogen) atoms. The van der Waals surface area contributed by atoms with Crippen molar-refractivity contribution in [3.8, 4) is 0 Å². The van der Waals surface area contributed by atoms with E-state index < -0.39 is 7.38 Å². The summed E-state index contributed by atoms with van der Waals surface area (Å²) < 4.78 is 0. The number of hydrogen-bond acceptors (Lipinski definition) is 0. The zero-order valence-corrected chi connectivity index (χ0v) is 7.50. The Kier molecular flexibility index (Phi) is 2.78. The molecule has 0 amide bonds. The van der Waals surface area contributed by atoms with Gasteiger partial charge in [0.15, 0.2) is 7.38 Å². The lowest BCUT2D eigenvalue weighted by Crippen LogP contribution is -2.20. The Balaban J connectivity index is 3.80. The van der Waals surface area contributed by atoms with Crippen LogP contribution in [0.4, 0.5) is 0 Å². The fourth-order valence-corrected chi connectivity index (χ4v) is 1.11. The van der Waals surface area contributed by atoms with Gasteiger partial charge in [-0.2, -0.15) is 11.1 Å². The van der Waals surface area contributed by atoms with Crippen LogP contribution in [0.3, 0.4) is 0 Å². The Hall–Kier alpha value is 0.247. The van der Waals surface area contributed by atoms with Crippen molar-refractivity contribution in [3.05, 3.63) is 12.7 Å². The predicted octanol–water partition coefficient (Wildman–Crippen LogP) is 3.01. The SMILES string of the molecule is C=CC(C)[Si](C)(C)Cl. The molecule has 1 atom stereocenters. The number of halogens is 1. The molecule has 0 nitrogen and oxygen atoms in total. The molecule has 0 aliphatic carbocycles. The molecule has 0 aliphatic rings. The third kappa shape index (κ3) is 2.53. The van der Waals surface area contributed by atoms with Crippen molar-refractivity contribution < 1.29 is 0 Å². The average Bonchev–Trinajstić information content (AvgIpc) is 1.62. The maximum absolute atomic E-state index is 6.05. The normalized spacial score (nSPS) is 15.5. The molecule has 0 aliphatic heterocycles. The molecule has 0 radical (unpaired) electrons. The minimum absolute atomic E-state index is 0.518. The van der Waals surface area contributed by atoms with Gasteiger partial charge in [-0.3, -0.25) is 0 Å². The van der Waals surface area contributed by atoms with Gasteiger partial charge in [0.05, 0.1) is 0 Å². The quantitative estimate of drug-likeness (QED) is 0.321. The van der Waals surface area contributed by atoms with E-state index in [0.717, 1.165) is 0 Å². The van der Waals surface area contributed by atoms with E-state index in [1.54, 1.807) is 0 Å². The van der Waals surface area contributed by atoms with Gasteiger partial charge in [-0.05, 0) is 5.54 Å². The van der Waals surface area contributed by atoms with E-state index in [1.807, 2.05) is 6.08 Å². The number of hydrogen-bond donors (Lipinski definition) is 0. The molecule has 0 aromatic carbocycles. The van der Waals surface area contributed by atoms with E-state index in [0.29, 0.717) is 5.54 Å².